The zero-order valence-corrected chi connectivity index (χ0v) is 14.7. The van der Waals surface area contributed by atoms with Crippen molar-refractivity contribution in [2.24, 2.45) is 0 Å². The molecule has 0 aliphatic rings. The SMILES string of the molecule is Oc1c(-c2nc(-c3ccc(Cl)cc3Cl)cs2)sc2ccccc12. The van der Waals surface area contributed by atoms with Gasteiger partial charge in [-0.25, -0.2) is 4.98 Å². The Kier molecular flexibility index (Phi) is 3.77. The molecule has 0 unspecified atom stereocenters. The lowest BCUT2D eigenvalue weighted by atomic mass is 10.2. The van der Waals surface area contributed by atoms with Crippen LogP contribution in [0.25, 0.3) is 31.2 Å². The fourth-order valence-corrected chi connectivity index (χ4v) is 4.89. The minimum atomic E-state index is 0.286. The van der Waals surface area contributed by atoms with Crippen LogP contribution < -0.4 is 0 Å². The van der Waals surface area contributed by atoms with Gasteiger partial charge in [0.1, 0.15) is 15.6 Å². The van der Waals surface area contributed by atoms with Crippen molar-refractivity contribution in [2.75, 3.05) is 0 Å². The van der Waals surface area contributed by atoms with Crippen LogP contribution in [-0.2, 0) is 0 Å². The summed E-state index contributed by atoms with van der Waals surface area (Å²) < 4.78 is 1.04. The lowest BCUT2D eigenvalue weighted by Gasteiger charge is -2.00. The molecular weight excluding hydrogens is 369 g/mol. The van der Waals surface area contributed by atoms with Gasteiger partial charge in [-0.05, 0) is 30.3 Å². The van der Waals surface area contributed by atoms with Crippen LogP contribution in [0.1, 0.15) is 0 Å². The summed E-state index contributed by atoms with van der Waals surface area (Å²) in [5.74, 6) is 0.286. The van der Waals surface area contributed by atoms with E-state index in [9.17, 15) is 5.11 Å². The molecule has 6 heteroatoms. The fraction of sp³-hybridized carbons (Fsp3) is 0. The van der Waals surface area contributed by atoms with E-state index in [0.29, 0.717) is 10.0 Å². The van der Waals surface area contributed by atoms with Gasteiger partial charge in [0.15, 0.2) is 0 Å². The van der Waals surface area contributed by atoms with Gasteiger partial charge in [-0.3, -0.25) is 0 Å². The molecule has 2 heterocycles. The second-order valence-electron chi connectivity index (χ2n) is 4.94. The number of benzene rings is 2. The second kappa shape index (κ2) is 5.80. The van der Waals surface area contributed by atoms with Gasteiger partial charge in [0, 0.05) is 26.1 Å². The van der Waals surface area contributed by atoms with E-state index in [4.69, 9.17) is 23.2 Å². The summed E-state index contributed by atoms with van der Waals surface area (Å²) in [5, 5.41) is 15.2. The van der Waals surface area contributed by atoms with Gasteiger partial charge in [-0.1, -0.05) is 35.3 Å². The summed E-state index contributed by atoms with van der Waals surface area (Å²) in [4.78, 5) is 5.42. The van der Waals surface area contributed by atoms with Crippen molar-refractivity contribution in [3.05, 3.63) is 57.9 Å². The Hall–Kier alpha value is -1.59. The summed E-state index contributed by atoms with van der Waals surface area (Å²) in [6.07, 6.45) is 0. The number of thiophene rings is 1. The van der Waals surface area contributed by atoms with Gasteiger partial charge in [0.05, 0.1) is 10.7 Å². The lowest BCUT2D eigenvalue weighted by Crippen LogP contribution is -1.80. The average molecular weight is 378 g/mol. The Labute approximate surface area is 150 Å². The largest absolute Gasteiger partial charge is 0.506 e. The van der Waals surface area contributed by atoms with Gasteiger partial charge in [-0.15, -0.1) is 22.7 Å². The van der Waals surface area contributed by atoms with Crippen molar-refractivity contribution in [2.45, 2.75) is 0 Å². The molecule has 2 nitrogen and oxygen atoms in total. The summed E-state index contributed by atoms with van der Waals surface area (Å²) in [7, 11) is 0. The Bertz CT molecular complexity index is 1020. The Morgan fingerprint density at radius 1 is 1.04 bits per heavy atom. The number of thiazole rings is 1. The van der Waals surface area contributed by atoms with Crippen LogP contribution in [0.5, 0.6) is 5.75 Å². The quantitative estimate of drug-likeness (QED) is 0.421. The first-order valence-electron chi connectivity index (χ1n) is 6.75. The summed E-state index contributed by atoms with van der Waals surface area (Å²) in [5.41, 5.74) is 1.61. The highest BCUT2D eigenvalue weighted by molar-refractivity contribution is 7.26. The number of hydrogen-bond acceptors (Lipinski definition) is 4. The van der Waals surface area contributed by atoms with Crippen LogP contribution in [0, 0.1) is 0 Å². The molecule has 0 aliphatic heterocycles. The maximum absolute atomic E-state index is 10.4. The highest BCUT2D eigenvalue weighted by atomic mass is 35.5. The Morgan fingerprint density at radius 3 is 2.65 bits per heavy atom. The third kappa shape index (κ3) is 2.62. The molecule has 1 N–H and O–H groups in total. The predicted molar refractivity (Wildman–Crippen MR) is 100 cm³/mol. The molecule has 0 fully saturated rings. The van der Waals surface area contributed by atoms with Crippen molar-refractivity contribution in [3.8, 4) is 26.9 Å². The molecule has 2 aromatic carbocycles. The summed E-state index contributed by atoms with van der Waals surface area (Å²) in [6, 6.07) is 13.1. The number of aromatic hydroxyl groups is 1. The lowest BCUT2D eigenvalue weighted by molar-refractivity contribution is 0.485. The van der Waals surface area contributed by atoms with Crippen LogP contribution in [0.15, 0.2) is 47.8 Å². The van der Waals surface area contributed by atoms with Crippen molar-refractivity contribution in [1.82, 2.24) is 4.98 Å². The highest BCUT2D eigenvalue weighted by Gasteiger charge is 2.17. The molecule has 0 bridgehead atoms. The smallest absolute Gasteiger partial charge is 0.144 e. The summed E-state index contributed by atoms with van der Waals surface area (Å²) >= 11 is 15.2. The first-order chi connectivity index (χ1) is 11.1. The minimum absolute atomic E-state index is 0.286. The predicted octanol–water partition coefficient (Wildman–Crippen LogP) is 6.70. The standard InChI is InChI=1S/C17H9Cl2NOS2/c18-9-5-6-10(12(19)7-9)13-8-22-17(20-13)16-15(21)11-3-1-2-4-14(11)23-16/h1-8,21H. The van der Waals surface area contributed by atoms with E-state index < -0.39 is 0 Å². The molecule has 0 saturated heterocycles. The van der Waals surface area contributed by atoms with Crippen molar-refractivity contribution in [3.63, 3.8) is 0 Å². The first-order valence-corrected chi connectivity index (χ1v) is 9.20. The molecule has 0 spiro atoms. The van der Waals surface area contributed by atoms with Crippen LogP contribution >= 0.6 is 45.9 Å². The van der Waals surface area contributed by atoms with E-state index in [1.54, 1.807) is 12.1 Å². The molecule has 0 aliphatic carbocycles. The Balaban J connectivity index is 1.82. The van der Waals surface area contributed by atoms with Gasteiger partial charge >= 0.3 is 0 Å². The molecule has 2 aromatic heterocycles. The number of hydrogen-bond donors (Lipinski definition) is 1. The van der Waals surface area contributed by atoms with Crippen LogP contribution in [0.2, 0.25) is 10.0 Å². The number of rotatable bonds is 2. The molecule has 23 heavy (non-hydrogen) atoms. The molecule has 0 amide bonds. The molecule has 4 rings (SSSR count). The van der Waals surface area contributed by atoms with E-state index in [1.165, 1.54) is 22.7 Å². The van der Waals surface area contributed by atoms with Gasteiger partial charge in [0.2, 0.25) is 0 Å². The van der Waals surface area contributed by atoms with Gasteiger partial charge < -0.3 is 5.11 Å². The third-order valence-electron chi connectivity index (χ3n) is 3.47. The zero-order chi connectivity index (χ0) is 16.0. The topological polar surface area (TPSA) is 33.1 Å². The number of fused-ring (bicyclic) bond motifs is 1. The first kappa shape index (κ1) is 15.0. The summed E-state index contributed by atoms with van der Waals surface area (Å²) in [6.45, 7) is 0. The van der Waals surface area contributed by atoms with E-state index in [1.807, 2.05) is 35.7 Å². The minimum Gasteiger partial charge on any atom is -0.506 e. The van der Waals surface area contributed by atoms with E-state index in [2.05, 4.69) is 4.98 Å². The van der Waals surface area contributed by atoms with Crippen LogP contribution in [-0.4, -0.2) is 10.1 Å². The molecule has 114 valence electrons. The monoisotopic (exact) mass is 377 g/mol. The van der Waals surface area contributed by atoms with E-state index >= 15 is 0 Å². The average Bonchev–Trinajstić information content (AvgIpc) is 3.13. The third-order valence-corrected chi connectivity index (χ3v) is 6.18. The molecule has 0 saturated carbocycles. The number of nitrogens with zero attached hydrogens (tertiary/aromatic N) is 1. The van der Waals surface area contributed by atoms with Gasteiger partial charge in [-0.2, -0.15) is 0 Å². The molecule has 0 radical (unpaired) electrons. The fourth-order valence-electron chi connectivity index (χ4n) is 2.38. The van der Waals surface area contributed by atoms with Crippen molar-refractivity contribution < 1.29 is 5.11 Å². The zero-order valence-electron chi connectivity index (χ0n) is 11.6. The van der Waals surface area contributed by atoms with Crippen LogP contribution in [0.3, 0.4) is 0 Å². The number of aromatic nitrogens is 1. The maximum Gasteiger partial charge on any atom is 0.144 e. The second-order valence-corrected chi connectivity index (χ2v) is 7.69. The molecule has 4 aromatic rings. The maximum atomic E-state index is 10.4. The van der Waals surface area contributed by atoms with Crippen molar-refractivity contribution in [1.29, 1.82) is 0 Å². The highest BCUT2D eigenvalue weighted by Crippen LogP contribution is 2.45. The van der Waals surface area contributed by atoms with Crippen molar-refractivity contribution >= 4 is 56.0 Å². The van der Waals surface area contributed by atoms with E-state index in [-0.39, 0.29) is 5.75 Å². The van der Waals surface area contributed by atoms with Gasteiger partial charge in [0.25, 0.3) is 0 Å². The van der Waals surface area contributed by atoms with E-state index in [0.717, 1.165) is 31.2 Å². The Morgan fingerprint density at radius 2 is 1.87 bits per heavy atom. The molecule has 0 atom stereocenters. The normalized spacial score (nSPS) is 11.2. The molecular formula is C17H9Cl2NOS2. The van der Waals surface area contributed by atoms with Crippen LogP contribution in [0.4, 0.5) is 0 Å². The number of halogens is 2.